The van der Waals surface area contributed by atoms with E-state index in [9.17, 15) is 4.79 Å². The average molecular weight is 455 g/mol. The predicted molar refractivity (Wildman–Crippen MR) is 135 cm³/mol. The van der Waals surface area contributed by atoms with Gasteiger partial charge in [0.25, 0.3) is 0 Å². The lowest BCUT2D eigenvalue weighted by molar-refractivity contribution is -0.132. The van der Waals surface area contributed by atoms with Gasteiger partial charge < -0.3 is 14.6 Å². The van der Waals surface area contributed by atoms with Gasteiger partial charge in [-0.1, -0.05) is 24.3 Å². The molecular weight excluding hydrogens is 424 g/mol. The molecule has 3 heterocycles. The highest BCUT2D eigenvalue weighted by Crippen LogP contribution is 2.32. The molecule has 34 heavy (non-hydrogen) atoms. The van der Waals surface area contributed by atoms with Gasteiger partial charge in [-0.3, -0.25) is 14.7 Å². The van der Waals surface area contributed by atoms with Crippen molar-refractivity contribution in [3.63, 3.8) is 0 Å². The highest BCUT2D eigenvalue weighted by atomic mass is 16.5. The number of amides is 1. The van der Waals surface area contributed by atoms with Crippen LogP contribution in [0.1, 0.15) is 17.5 Å². The summed E-state index contributed by atoms with van der Waals surface area (Å²) in [6, 6.07) is 20.5. The lowest BCUT2D eigenvalue weighted by Gasteiger charge is -2.34. The Bertz CT molecular complexity index is 1240. The van der Waals surface area contributed by atoms with Crippen LogP contribution in [0.2, 0.25) is 0 Å². The summed E-state index contributed by atoms with van der Waals surface area (Å²) in [4.78, 5) is 25.3. The van der Waals surface area contributed by atoms with Crippen molar-refractivity contribution in [3.05, 3.63) is 84.2 Å². The van der Waals surface area contributed by atoms with Crippen LogP contribution in [-0.2, 0) is 17.8 Å². The van der Waals surface area contributed by atoms with Crippen LogP contribution in [0.3, 0.4) is 0 Å². The van der Waals surface area contributed by atoms with E-state index in [0.29, 0.717) is 12.8 Å². The van der Waals surface area contributed by atoms with Crippen LogP contribution >= 0.6 is 0 Å². The van der Waals surface area contributed by atoms with Crippen molar-refractivity contribution >= 4 is 16.8 Å². The van der Waals surface area contributed by atoms with E-state index in [2.05, 4.69) is 51.3 Å². The number of piperazine rings is 1. The monoisotopic (exact) mass is 454 g/mol. The summed E-state index contributed by atoms with van der Waals surface area (Å²) in [5, 5.41) is 1.18. The second-order valence-corrected chi connectivity index (χ2v) is 8.77. The molecule has 0 spiro atoms. The molecule has 0 saturated carbocycles. The summed E-state index contributed by atoms with van der Waals surface area (Å²) in [6.45, 7) is 4.22. The van der Waals surface area contributed by atoms with E-state index in [1.165, 1.54) is 16.5 Å². The van der Waals surface area contributed by atoms with Gasteiger partial charge in [0.1, 0.15) is 5.75 Å². The number of aromatic amines is 1. The first-order valence-corrected chi connectivity index (χ1v) is 11.8. The van der Waals surface area contributed by atoms with E-state index in [4.69, 9.17) is 4.74 Å². The summed E-state index contributed by atoms with van der Waals surface area (Å²) >= 11 is 0. The third-order valence-electron chi connectivity index (χ3n) is 6.64. The van der Waals surface area contributed by atoms with Crippen molar-refractivity contribution in [1.82, 2.24) is 19.8 Å². The van der Waals surface area contributed by atoms with Gasteiger partial charge in [0, 0.05) is 68.1 Å². The van der Waals surface area contributed by atoms with Gasteiger partial charge in [-0.15, -0.1) is 0 Å². The van der Waals surface area contributed by atoms with Crippen molar-refractivity contribution in [3.8, 4) is 17.0 Å². The number of hydrogen-bond acceptors (Lipinski definition) is 4. The maximum absolute atomic E-state index is 13.1. The molecule has 1 aliphatic rings. The number of methoxy groups -OCH3 is 1. The number of ether oxygens (including phenoxy) is 1. The number of carbonyl (C=O) groups excluding carboxylic acids is 1. The number of pyridine rings is 1. The number of para-hydroxylation sites is 1. The molecule has 0 atom stereocenters. The van der Waals surface area contributed by atoms with Gasteiger partial charge in [0.2, 0.25) is 5.91 Å². The van der Waals surface area contributed by atoms with E-state index in [-0.39, 0.29) is 5.91 Å². The van der Waals surface area contributed by atoms with Gasteiger partial charge >= 0.3 is 0 Å². The van der Waals surface area contributed by atoms with E-state index in [1.54, 1.807) is 13.3 Å². The van der Waals surface area contributed by atoms with E-state index < -0.39 is 0 Å². The Balaban J connectivity index is 1.25. The minimum Gasteiger partial charge on any atom is -0.497 e. The number of H-pyrrole nitrogens is 1. The number of nitrogens with zero attached hydrogens (tertiary/aromatic N) is 3. The largest absolute Gasteiger partial charge is 0.497 e. The zero-order valence-electron chi connectivity index (χ0n) is 19.5. The molecule has 2 aromatic heterocycles. The number of fused-ring (bicyclic) bond motifs is 1. The standard InChI is InChI=1S/C28H30N4O2/c1-34-23-10-8-22(9-11-23)28-25(24-6-2-3-7-26(24)30-28)12-13-27(33)32-17-15-31(16-18-32)20-21-5-4-14-29-19-21/h2-11,14,19,30H,12-13,15-18,20H2,1H3. The zero-order chi connectivity index (χ0) is 23.3. The first-order chi connectivity index (χ1) is 16.7. The van der Waals surface area contributed by atoms with Crippen LogP contribution in [0.4, 0.5) is 0 Å². The molecule has 6 nitrogen and oxygen atoms in total. The SMILES string of the molecule is COc1ccc(-c2[nH]c3ccccc3c2CCC(=O)N2CCN(Cc3cccnc3)CC2)cc1. The quantitative estimate of drug-likeness (QED) is 0.446. The number of benzene rings is 2. The normalized spacial score (nSPS) is 14.4. The molecule has 2 aromatic carbocycles. The molecule has 174 valence electrons. The molecule has 1 fully saturated rings. The van der Waals surface area contributed by atoms with Crippen molar-refractivity contribution in [2.75, 3.05) is 33.3 Å². The number of carbonyl (C=O) groups is 1. The smallest absolute Gasteiger partial charge is 0.222 e. The molecule has 0 aliphatic carbocycles. The number of aromatic nitrogens is 2. The Morgan fingerprint density at radius 2 is 1.79 bits per heavy atom. The van der Waals surface area contributed by atoms with Crippen molar-refractivity contribution in [1.29, 1.82) is 0 Å². The van der Waals surface area contributed by atoms with Crippen molar-refractivity contribution in [2.24, 2.45) is 0 Å². The highest BCUT2D eigenvalue weighted by molar-refractivity contribution is 5.91. The lowest BCUT2D eigenvalue weighted by atomic mass is 10.0. The molecule has 0 bridgehead atoms. The first-order valence-electron chi connectivity index (χ1n) is 11.8. The highest BCUT2D eigenvalue weighted by Gasteiger charge is 2.22. The molecule has 6 heteroatoms. The van der Waals surface area contributed by atoms with Crippen LogP contribution in [0.15, 0.2) is 73.1 Å². The molecule has 4 aromatic rings. The summed E-state index contributed by atoms with van der Waals surface area (Å²) in [5.41, 5.74) is 5.69. The fourth-order valence-electron chi connectivity index (χ4n) is 4.76. The Hall–Kier alpha value is -3.64. The van der Waals surface area contributed by atoms with Crippen LogP contribution in [0, 0.1) is 0 Å². The molecule has 5 rings (SSSR count). The van der Waals surface area contributed by atoms with Crippen molar-refractivity contribution < 1.29 is 9.53 Å². The van der Waals surface area contributed by atoms with Gasteiger partial charge in [-0.25, -0.2) is 0 Å². The Kier molecular flexibility index (Phi) is 6.58. The zero-order valence-corrected chi connectivity index (χ0v) is 19.5. The molecule has 0 radical (unpaired) electrons. The van der Waals surface area contributed by atoms with E-state index in [0.717, 1.165) is 55.2 Å². The molecule has 1 aliphatic heterocycles. The minimum atomic E-state index is 0.229. The maximum Gasteiger partial charge on any atom is 0.222 e. The maximum atomic E-state index is 13.1. The summed E-state index contributed by atoms with van der Waals surface area (Å²) in [7, 11) is 1.67. The lowest BCUT2D eigenvalue weighted by Crippen LogP contribution is -2.48. The van der Waals surface area contributed by atoms with Gasteiger partial charge in [0.05, 0.1) is 7.11 Å². The first kappa shape index (κ1) is 22.2. The van der Waals surface area contributed by atoms with Crippen LogP contribution in [0.25, 0.3) is 22.2 Å². The van der Waals surface area contributed by atoms with E-state index >= 15 is 0 Å². The predicted octanol–water partition coefficient (Wildman–Crippen LogP) is 4.52. The number of aryl methyl sites for hydroxylation is 1. The van der Waals surface area contributed by atoms with Gasteiger partial charge in [0.15, 0.2) is 0 Å². The molecular formula is C28H30N4O2. The van der Waals surface area contributed by atoms with Gasteiger partial charge in [-0.05, 0) is 59.5 Å². The third-order valence-corrected chi connectivity index (χ3v) is 6.64. The number of rotatable bonds is 7. The van der Waals surface area contributed by atoms with Crippen LogP contribution in [-0.4, -0.2) is 59.0 Å². The van der Waals surface area contributed by atoms with Crippen molar-refractivity contribution in [2.45, 2.75) is 19.4 Å². The molecule has 1 amide bonds. The number of nitrogens with one attached hydrogen (secondary N) is 1. The molecule has 1 saturated heterocycles. The fraction of sp³-hybridized carbons (Fsp3) is 0.286. The molecule has 0 unspecified atom stereocenters. The second kappa shape index (κ2) is 10.1. The van der Waals surface area contributed by atoms with Gasteiger partial charge in [-0.2, -0.15) is 0 Å². The van der Waals surface area contributed by atoms with E-state index in [1.807, 2.05) is 35.4 Å². The third kappa shape index (κ3) is 4.82. The number of hydrogen-bond donors (Lipinski definition) is 1. The second-order valence-electron chi connectivity index (χ2n) is 8.77. The van der Waals surface area contributed by atoms with Crippen LogP contribution in [0.5, 0.6) is 5.75 Å². The Labute approximate surface area is 200 Å². The fourth-order valence-corrected chi connectivity index (χ4v) is 4.76. The Morgan fingerprint density at radius 1 is 1.00 bits per heavy atom. The van der Waals surface area contributed by atoms with Crippen LogP contribution < -0.4 is 4.74 Å². The average Bonchev–Trinajstić information content (AvgIpc) is 3.27. The summed E-state index contributed by atoms with van der Waals surface area (Å²) < 4.78 is 5.31. The summed E-state index contributed by atoms with van der Waals surface area (Å²) in [5.74, 6) is 1.06. The minimum absolute atomic E-state index is 0.229. The molecule has 1 N–H and O–H groups in total. The topological polar surface area (TPSA) is 61.5 Å². The summed E-state index contributed by atoms with van der Waals surface area (Å²) in [6.07, 6.45) is 4.93. The Morgan fingerprint density at radius 3 is 2.53 bits per heavy atom.